The van der Waals surface area contributed by atoms with Crippen molar-refractivity contribution in [2.24, 2.45) is 5.92 Å². The van der Waals surface area contributed by atoms with E-state index in [9.17, 15) is 4.79 Å². The lowest BCUT2D eigenvalue weighted by Crippen LogP contribution is -2.26. The van der Waals surface area contributed by atoms with E-state index >= 15 is 0 Å². The van der Waals surface area contributed by atoms with E-state index in [4.69, 9.17) is 9.84 Å². The standard InChI is InChI=1S/C11H22O3/c1-5-6-9(8-12)7-10(13)14-11(2,3)4/h9,12H,5-8H2,1-4H3/t9-/m0/s1. The van der Waals surface area contributed by atoms with Gasteiger partial charge in [-0.05, 0) is 33.1 Å². The van der Waals surface area contributed by atoms with Crippen molar-refractivity contribution < 1.29 is 14.6 Å². The van der Waals surface area contributed by atoms with Crippen LogP contribution in [0.25, 0.3) is 0 Å². The van der Waals surface area contributed by atoms with Crippen LogP contribution >= 0.6 is 0 Å². The molecule has 0 heterocycles. The first kappa shape index (κ1) is 13.4. The Balaban J connectivity index is 3.91. The van der Waals surface area contributed by atoms with Crippen LogP contribution in [0.3, 0.4) is 0 Å². The third-order valence-electron chi connectivity index (χ3n) is 1.83. The maximum atomic E-state index is 11.4. The summed E-state index contributed by atoms with van der Waals surface area (Å²) < 4.78 is 5.17. The average molecular weight is 202 g/mol. The second-order valence-corrected chi connectivity index (χ2v) is 4.63. The van der Waals surface area contributed by atoms with Gasteiger partial charge in [-0.25, -0.2) is 0 Å². The molecule has 1 N–H and O–H groups in total. The van der Waals surface area contributed by atoms with Gasteiger partial charge in [0, 0.05) is 6.61 Å². The molecular weight excluding hydrogens is 180 g/mol. The molecule has 3 nitrogen and oxygen atoms in total. The zero-order chi connectivity index (χ0) is 11.2. The van der Waals surface area contributed by atoms with Crippen molar-refractivity contribution in [1.29, 1.82) is 0 Å². The molecule has 0 bridgehead atoms. The van der Waals surface area contributed by atoms with Crippen molar-refractivity contribution in [3.63, 3.8) is 0 Å². The van der Waals surface area contributed by atoms with E-state index in [-0.39, 0.29) is 18.5 Å². The summed E-state index contributed by atoms with van der Waals surface area (Å²) in [5.41, 5.74) is -0.427. The topological polar surface area (TPSA) is 46.5 Å². The molecule has 0 rings (SSSR count). The predicted octanol–water partition coefficient (Wildman–Crippen LogP) is 2.13. The van der Waals surface area contributed by atoms with Gasteiger partial charge in [-0.15, -0.1) is 0 Å². The van der Waals surface area contributed by atoms with Gasteiger partial charge in [0.25, 0.3) is 0 Å². The van der Waals surface area contributed by atoms with Gasteiger partial charge in [-0.3, -0.25) is 4.79 Å². The highest BCUT2D eigenvalue weighted by Crippen LogP contribution is 2.14. The van der Waals surface area contributed by atoms with Crippen LogP contribution in [0.15, 0.2) is 0 Å². The first-order valence-corrected chi connectivity index (χ1v) is 5.21. The third-order valence-corrected chi connectivity index (χ3v) is 1.83. The number of carbonyl (C=O) groups excluding carboxylic acids is 1. The van der Waals surface area contributed by atoms with E-state index in [1.54, 1.807) is 0 Å². The Morgan fingerprint density at radius 1 is 1.43 bits per heavy atom. The minimum Gasteiger partial charge on any atom is -0.460 e. The minimum atomic E-state index is -0.427. The summed E-state index contributed by atoms with van der Waals surface area (Å²) in [5.74, 6) is -0.167. The molecule has 0 amide bonds. The second kappa shape index (κ2) is 6.02. The average Bonchev–Trinajstić information content (AvgIpc) is 2.00. The van der Waals surface area contributed by atoms with E-state index in [2.05, 4.69) is 0 Å². The molecule has 0 unspecified atom stereocenters. The molecule has 3 heteroatoms. The number of aliphatic hydroxyl groups excluding tert-OH is 1. The molecule has 84 valence electrons. The molecule has 0 radical (unpaired) electrons. The van der Waals surface area contributed by atoms with Crippen LogP contribution in [0, 0.1) is 5.92 Å². The van der Waals surface area contributed by atoms with Gasteiger partial charge in [0.1, 0.15) is 5.60 Å². The third kappa shape index (κ3) is 6.89. The maximum Gasteiger partial charge on any atom is 0.306 e. The van der Waals surface area contributed by atoms with Gasteiger partial charge in [-0.2, -0.15) is 0 Å². The fourth-order valence-electron chi connectivity index (χ4n) is 1.29. The minimum absolute atomic E-state index is 0.0508. The number of hydrogen-bond donors (Lipinski definition) is 1. The normalized spacial score (nSPS) is 13.8. The summed E-state index contributed by atoms with van der Waals surface area (Å²) in [6.45, 7) is 7.64. The van der Waals surface area contributed by atoms with Crippen molar-refractivity contribution >= 4 is 5.97 Å². The molecule has 14 heavy (non-hydrogen) atoms. The van der Waals surface area contributed by atoms with Crippen LogP contribution in [0.2, 0.25) is 0 Å². The van der Waals surface area contributed by atoms with E-state index in [0.29, 0.717) is 6.42 Å². The van der Waals surface area contributed by atoms with Crippen molar-refractivity contribution in [2.45, 2.75) is 52.6 Å². The SMILES string of the molecule is CCC[C@H](CO)CC(=O)OC(C)(C)C. The Hall–Kier alpha value is -0.570. The first-order valence-electron chi connectivity index (χ1n) is 5.21. The Morgan fingerprint density at radius 3 is 2.36 bits per heavy atom. The molecule has 0 spiro atoms. The van der Waals surface area contributed by atoms with E-state index in [1.165, 1.54) is 0 Å². The number of aliphatic hydroxyl groups is 1. The van der Waals surface area contributed by atoms with Gasteiger partial charge < -0.3 is 9.84 Å². The fourth-order valence-corrected chi connectivity index (χ4v) is 1.29. The largest absolute Gasteiger partial charge is 0.460 e. The Bertz CT molecular complexity index is 170. The number of hydrogen-bond acceptors (Lipinski definition) is 3. The quantitative estimate of drug-likeness (QED) is 0.695. The zero-order valence-electron chi connectivity index (χ0n) is 9.67. The second-order valence-electron chi connectivity index (χ2n) is 4.63. The van der Waals surface area contributed by atoms with E-state index < -0.39 is 5.60 Å². The number of rotatable bonds is 5. The van der Waals surface area contributed by atoms with Gasteiger partial charge in [0.2, 0.25) is 0 Å². The van der Waals surface area contributed by atoms with Crippen molar-refractivity contribution in [1.82, 2.24) is 0 Å². The summed E-state index contributed by atoms with van der Waals surface area (Å²) in [4.78, 5) is 11.4. The van der Waals surface area contributed by atoms with E-state index in [1.807, 2.05) is 27.7 Å². The van der Waals surface area contributed by atoms with Gasteiger partial charge >= 0.3 is 5.97 Å². The molecule has 1 atom stereocenters. The number of ether oxygens (including phenoxy) is 1. The van der Waals surface area contributed by atoms with Crippen LogP contribution in [-0.4, -0.2) is 23.3 Å². The van der Waals surface area contributed by atoms with Crippen LogP contribution in [0.1, 0.15) is 47.0 Å². The Labute approximate surface area is 86.5 Å². The summed E-state index contributed by atoms with van der Waals surface area (Å²) in [6, 6.07) is 0. The lowest BCUT2D eigenvalue weighted by molar-refractivity contribution is -0.156. The Kier molecular flexibility index (Phi) is 5.77. The maximum absolute atomic E-state index is 11.4. The van der Waals surface area contributed by atoms with Gasteiger partial charge in [0.05, 0.1) is 6.42 Å². The first-order chi connectivity index (χ1) is 6.39. The zero-order valence-corrected chi connectivity index (χ0v) is 9.67. The molecule has 0 aliphatic rings. The molecule has 0 aromatic carbocycles. The van der Waals surface area contributed by atoms with Gasteiger partial charge in [-0.1, -0.05) is 13.3 Å². The lowest BCUT2D eigenvalue weighted by Gasteiger charge is -2.21. The van der Waals surface area contributed by atoms with E-state index in [0.717, 1.165) is 12.8 Å². The molecule has 0 fully saturated rings. The lowest BCUT2D eigenvalue weighted by atomic mass is 10.0. The number of esters is 1. The van der Waals surface area contributed by atoms with Crippen LogP contribution in [-0.2, 0) is 9.53 Å². The van der Waals surface area contributed by atoms with Crippen LogP contribution in [0.4, 0.5) is 0 Å². The molecular formula is C11H22O3. The smallest absolute Gasteiger partial charge is 0.306 e. The van der Waals surface area contributed by atoms with Gasteiger partial charge in [0.15, 0.2) is 0 Å². The van der Waals surface area contributed by atoms with Crippen LogP contribution in [0.5, 0.6) is 0 Å². The highest BCUT2D eigenvalue weighted by Gasteiger charge is 2.19. The summed E-state index contributed by atoms with van der Waals surface area (Å²) in [5, 5.41) is 9.00. The number of carbonyl (C=O) groups is 1. The monoisotopic (exact) mass is 202 g/mol. The molecule has 0 aromatic heterocycles. The highest BCUT2D eigenvalue weighted by atomic mass is 16.6. The van der Waals surface area contributed by atoms with Crippen molar-refractivity contribution in [3.05, 3.63) is 0 Å². The molecule has 0 saturated heterocycles. The Morgan fingerprint density at radius 2 is 2.00 bits per heavy atom. The van der Waals surface area contributed by atoms with Crippen LogP contribution < -0.4 is 0 Å². The summed E-state index contributed by atoms with van der Waals surface area (Å²) in [6.07, 6.45) is 2.17. The van der Waals surface area contributed by atoms with Crippen molar-refractivity contribution in [2.75, 3.05) is 6.61 Å². The fraction of sp³-hybridized carbons (Fsp3) is 0.909. The summed E-state index contributed by atoms with van der Waals surface area (Å²) >= 11 is 0. The molecule has 0 aliphatic heterocycles. The predicted molar refractivity (Wildman–Crippen MR) is 55.9 cm³/mol. The highest BCUT2D eigenvalue weighted by molar-refractivity contribution is 5.70. The molecule has 0 aliphatic carbocycles. The summed E-state index contributed by atoms with van der Waals surface area (Å²) in [7, 11) is 0. The molecule has 0 aromatic rings. The molecule has 0 saturated carbocycles. The van der Waals surface area contributed by atoms with Crippen molar-refractivity contribution in [3.8, 4) is 0 Å².